The predicted octanol–water partition coefficient (Wildman–Crippen LogP) is 2.76. The number of likely N-dealkylation sites (tertiary alicyclic amines) is 1. The Labute approximate surface area is 159 Å². The molecule has 1 unspecified atom stereocenters. The number of amides is 2. The van der Waals surface area contributed by atoms with Crippen molar-refractivity contribution < 1.29 is 14.1 Å². The van der Waals surface area contributed by atoms with Gasteiger partial charge in [0.15, 0.2) is 0 Å². The van der Waals surface area contributed by atoms with Gasteiger partial charge in [-0.05, 0) is 44.7 Å². The summed E-state index contributed by atoms with van der Waals surface area (Å²) in [4.78, 5) is 29.6. The number of aryl methyl sites for hydroxylation is 2. The molecule has 27 heavy (non-hydrogen) atoms. The number of carbonyl (C=O) groups is 2. The van der Waals surface area contributed by atoms with Gasteiger partial charge in [0.05, 0.1) is 11.1 Å². The molecule has 4 rings (SSSR count). The molecule has 1 fully saturated rings. The topological polar surface area (TPSA) is 66.7 Å². The van der Waals surface area contributed by atoms with Gasteiger partial charge in [-0.3, -0.25) is 9.59 Å². The van der Waals surface area contributed by atoms with Crippen LogP contribution in [0.4, 0.5) is 5.69 Å². The molecule has 2 aromatic rings. The molecular formula is C21H25N3O3. The molecule has 3 heterocycles. The second-order valence-corrected chi connectivity index (χ2v) is 7.68. The molecule has 1 saturated heterocycles. The summed E-state index contributed by atoms with van der Waals surface area (Å²) in [5.41, 5.74) is 3.28. The molecule has 2 aliphatic rings. The number of para-hydroxylation sites is 1. The van der Waals surface area contributed by atoms with Crippen LogP contribution in [0.15, 0.2) is 28.8 Å². The fourth-order valence-corrected chi connectivity index (χ4v) is 4.63. The molecule has 6 heteroatoms. The van der Waals surface area contributed by atoms with Gasteiger partial charge in [-0.25, -0.2) is 0 Å². The van der Waals surface area contributed by atoms with E-state index in [1.54, 1.807) is 4.90 Å². The summed E-state index contributed by atoms with van der Waals surface area (Å²) >= 11 is 0. The van der Waals surface area contributed by atoms with Gasteiger partial charge in [0, 0.05) is 37.8 Å². The van der Waals surface area contributed by atoms with Gasteiger partial charge in [-0.2, -0.15) is 0 Å². The first-order valence-electron chi connectivity index (χ1n) is 9.51. The number of rotatable bonds is 3. The van der Waals surface area contributed by atoms with Crippen LogP contribution in [0.2, 0.25) is 0 Å². The lowest BCUT2D eigenvalue weighted by molar-refractivity contribution is -0.135. The van der Waals surface area contributed by atoms with Crippen molar-refractivity contribution in [3.05, 3.63) is 46.8 Å². The van der Waals surface area contributed by atoms with Crippen LogP contribution < -0.4 is 4.90 Å². The molecule has 0 bridgehead atoms. The van der Waals surface area contributed by atoms with E-state index in [-0.39, 0.29) is 11.8 Å². The van der Waals surface area contributed by atoms with E-state index in [1.807, 2.05) is 50.1 Å². The first-order valence-corrected chi connectivity index (χ1v) is 9.51. The molecule has 1 atom stereocenters. The summed E-state index contributed by atoms with van der Waals surface area (Å²) in [6, 6.07) is 7.96. The van der Waals surface area contributed by atoms with Crippen LogP contribution in [0.1, 0.15) is 41.8 Å². The fraction of sp³-hybridized carbons (Fsp3) is 0.476. The van der Waals surface area contributed by atoms with E-state index in [0.29, 0.717) is 25.9 Å². The minimum Gasteiger partial charge on any atom is -0.361 e. The van der Waals surface area contributed by atoms with Crippen molar-refractivity contribution in [2.24, 2.45) is 0 Å². The van der Waals surface area contributed by atoms with E-state index in [4.69, 9.17) is 4.52 Å². The summed E-state index contributed by atoms with van der Waals surface area (Å²) in [5.74, 6) is 0.970. The van der Waals surface area contributed by atoms with Crippen LogP contribution in [-0.4, -0.2) is 42.0 Å². The summed E-state index contributed by atoms with van der Waals surface area (Å²) < 4.78 is 5.19. The van der Waals surface area contributed by atoms with E-state index in [0.717, 1.165) is 41.1 Å². The van der Waals surface area contributed by atoms with E-state index < -0.39 is 5.41 Å². The summed E-state index contributed by atoms with van der Waals surface area (Å²) in [7, 11) is 1.83. The summed E-state index contributed by atoms with van der Waals surface area (Å²) in [5, 5.41) is 3.96. The van der Waals surface area contributed by atoms with Crippen LogP contribution in [0.3, 0.4) is 0 Å². The lowest BCUT2D eigenvalue weighted by atomic mass is 9.75. The number of aromatic nitrogens is 1. The highest BCUT2D eigenvalue weighted by Gasteiger charge is 2.52. The second kappa shape index (κ2) is 6.51. The first kappa shape index (κ1) is 17.8. The van der Waals surface area contributed by atoms with Gasteiger partial charge in [0.25, 0.3) is 0 Å². The Bertz CT molecular complexity index is 884. The van der Waals surface area contributed by atoms with Gasteiger partial charge < -0.3 is 14.3 Å². The Hall–Kier alpha value is -2.63. The van der Waals surface area contributed by atoms with Gasteiger partial charge in [0.2, 0.25) is 11.8 Å². The fourth-order valence-electron chi connectivity index (χ4n) is 4.63. The molecule has 0 aliphatic carbocycles. The van der Waals surface area contributed by atoms with Crippen LogP contribution >= 0.6 is 0 Å². The Balaban J connectivity index is 1.53. The van der Waals surface area contributed by atoms with Crippen molar-refractivity contribution in [2.75, 3.05) is 25.0 Å². The number of hydrogen-bond donors (Lipinski definition) is 0. The van der Waals surface area contributed by atoms with Crippen LogP contribution in [-0.2, 0) is 21.4 Å². The molecule has 2 amide bonds. The van der Waals surface area contributed by atoms with Gasteiger partial charge in [-0.15, -0.1) is 0 Å². The SMILES string of the molecule is Cc1noc(C)c1CCC(=O)N1CCCC2(C1)C(=O)N(C)c1ccccc12. The zero-order valence-electron chi connectivity index (χ0n) is 16.1. The van der Waals surface area contributed by atoms with Crippen LogP contribution in [0.5, 0.6) is 0 Å². The molecule has 6 nitrogen and oxygen atoms in total. The van der Waals surface area contributed by atoms with Crippen LogP contribution in [0, 0.1) is 13.8 Å². The highest BCUT2D eigenvalue weighted by molar-refractivity contribution is 6.08. The molecule has 1 spiro atoms. The Kier molecular flexibility index (Phi) is 4.29. The molecule has 142 valence electrons. The highest BCUT2D eigenvalue weighted by Crippen LogP contribution is 2.46. The van der Waals surface area contributed by atoms with Crippen molar-refractivity contribution in [3.8, 4) is 0 Å². The standard InChI is InChI=1S/C21H25N3O3/c1-14-16(15(2)27-22-14)9-10-19(25)24-12-6-11-21(13-24)17-7-4-5-8-18(17)23(3)20(21)26/h4-5,7-8H,6,9-13H2,1-3H3. The monoisotopic (exact) mass is 367 g/mol. The maximum absolute atomic E-state index is 13.1. The Morgan fingerprint density at radius 1 is 1.30 bits per heavy atom. The molecule has 0 N–H and O–H groups in total. The van der Waals surface area contributed by atoms with Gasteiger partial charge >= 0.3 is 0 Å². The number of hydrogen-bond acceptors (Lipinski definition) is 4. The van der Waals surface area contributed by atoms with Crippen molar-refractivity contribution >= 4 is 17.5 Å². The summed E-state index contributed by atoms with van der Waals surface area (Å²) in [6.07, 6.45) is 2.66. The van der Waals surface area contributed by atoms with E-state index >= 15 is 0 Å². The quantitative estimate of drug-likeness (QED) is 0.837. The molecular weight excluding hydrogens is 342 g/mol. The zero-order valence-corrected chi connectivity index (χ0v) is 16.1. The average molecular weight is 367 g/mol. The third kappa shape index (κ3) is 2.74. The lowest BCUT2D eigenvalue weighted by Crippen LogP contribution is -2.53. The van der Waals surface area contributed by atoms with Crippen LogP contribution in [0.25, 0.3) is 0 Å². The molecule has 0 saturated carbocycles. The van der Waals surface area contributed by atoms with E-state index in [9.17, 15) is 9.59 Å². The van der Waals surface area contributed by atoms with Crippen molar-refractivity contribution in [2.45, 2.75) is 44.9 Å². The van der Waals surface area contributed by atoms with Gasteiger partial charge in [-0.1, -0.05) is 23.4 Å². The Morgan fingerprint density at radius 2 is 2.07 bits per heavy atom. The number of piperidine rings is 1. The smallest absolute Gasteiger partial charge is 0.239 e. The number of carbonyl (C=O) groups excluding carboxylic acids is 2. The third-order valence-electron chi connectivity index (χ3n) is 6.11. The molecule has 1 aromatic heterocycles. The minimum atomic E-state index is -0.595. The highest BCUT2D eigenvalue weighted by atomic mass is 16.5. The second-order valence-electron chi connectivity index (χ2n) is 7.68. The average Bonchev–Trinajstić information content (AvgIpc) is 3.11. The number of anilines is 1. The number of fused-ring (bicyclic) bond motifs is 2. The first-order chi connectivity index (χ1) is 12.9. The van der Waals surface area contributed by atoms with E-state index in [1.165, 1.54) is 0 Å². The summed E-state index contributed by atoms with van der Waals surface area (Å²) in [6.45, 7) is 4.95. The number of likely N-dealkylation sites (N-methyl/N-ethyl adjacent to an activating group) is 1. The van der Waals surface area contributed by atoms with Crippen molar-refractivity contribution in [1.29, 1.82) is 0 Å². The third-order valence-corrected chi connectivity index (χ3v) is 6.11. The van der Waals surface area contributed by atoms with Crippen molar-refractivity contribution in [1.82, 2.24) is 10.1 Å². The number of benzene rings is 1. The normalized spacial score (nSPS) is 21.8. The van der Waals surface area contributed by atoms with E-state index in [2.05, 4.69) is 5.16 Å². The maximum atomic E-state index is 13.1. The van der Waals surface area contributed by atoms with Gasteiger partial charge in [0.1, 0.15) is 5.76 Å². The predicted molar refractivity (Wildman–Crippen MR) is 102 cm³/mol. The maximum Gasteiger partial charge on any atom is 0.239 e. The zero-order chi connectivity index (χ0) is 19.2. The minimum absolute atomic E-state index is 0.0916. The number of nitrogens with zero attached hydrogens (tertiary/aromatic N) is 3. The molecule has 2 aliphatic heterocycles. The largest absolute Gasteiger partial charge is 0.361 e. The molecule has 1 aromatic carbocycles. The molecule has 0 radical (unpaired) electrons. The Morgan fingerprint density at radius 3 is 2.81 bits per heavy atom. The lowest BCUT2D eigenvalue weighted by Gasteiger charge is -2.39. The van der Waals surface area contributed by atoms with Crippen molar-refractivity contribution in [3.63, 3.8) is 0 Å².